The zero-order chi connectivity index (χ0) is 17.2. The first kappa shape index (κ1) is 18.9. The fourth-order valence-electron chi connectivity index (χ4n) is 1.84. The number of hydrogen-bond donors (Lipinski definition) is 2. The van der Waals surface area contributed by atoms with Gasteiger partial charge in [0, 0.05) is 18.1 Å². The standard InChI is InChI=1S/C15H20ClN3O4/c1-3-17-15(22)18-13(20)9-19(10-14(21)23-2)8-11-4-6-12(16)7-5-11/h4-7H,3,8-10H2,1-2H3,(H2,17,18,20,22). The minimum atomic E-state index is -0.568. The maximum absolute atomic E-state index is 11.9. The predicted molar refractivity (Wildman–Crippen MR) is 86.0 cm³/mol. The van der Waals surface area contributed by atoms with Gasteiger partial charge in [-0.25, -0.2) is 4.79 Å². The molecule has 0 aromatic heterocycles. The smallest absolute Gasteiger partial charge is 0.321 e. The summed E-state index contributed by atoms with van der Waals surface area (Å²) in [5, 5.41) is 5.25. The topological polar surface area (TPSA) is 87.7 Å². The second-order valence-corrected chi connectivity index (χ2v) is 5.19. The molecule has 2 N–H and O–H groups in total. The number of ether oxygens (including phenoxy) is 1. The number of benzene rings is 1. The number of methoxy groups -OCH3 is 1. The molecule has 0 aliphatic rings. The molecule has 0 radical (unpaired) electrons. The average Bonchev–Trinajstić information content (AvgIpc) is 2.49. The Labute approximate surface area is 139 Å². The van der Waals surface area contributed by atoms with E-state index in [1.165, 1.54) is 7.11 Å². The van der Waals surface area contributed by atoms with Gasteiger partial charge in [-0.05, 0) is 24.6 Å². The van der Waals surface area contributed by atoms with Crippen molar-refractivity contribution in [3.8, 4) is 0 Å². The lowest BCUT2D eigenvalue weighted by atomic mass is 10.2. The maximum Gasteiger partial charge on any atom is 0.321 e. The number of imide groups is 1. The van der Waals surface area contributed by atoms with Gasteiger partial charge >= 0.3 is 12.0 Å². The Kier molecular flexibility index (Phi) is 8.07. The van der Waals surface area contributed by atoms with Crippen molar-refractivity contribution in [1.29, 1.82) is 0 Å². The van der Waals surface area contributed by atoms with Crippen LogP contribution in [0.2, 0.25) is 5.02 Å². The number of nitrogens with zero attached hydrogens (tertiary/aromatic N) is 1. The molecule has 0 fully saturated rings. The molecule has 8 heteroatoms. The molecule has 0 aliphatic heterocycles. The number of urea groups is 1. The monoisotopic (exact) mass is 341 g/mol. The molecule has 1 aromatic carbocycles. The van der Waals surface area contributed by atoms with E-state index in [0.717, 1.165) is 5.56 Å². The SMILES string of the molecule is CCNC(=O)NC(=O)CN(CC(=O)OC)Cc1ccc(Cl)cc1. The summed E-state index contributed by atoms with van der Waals surface area (Å²) in [6.45, 7) is 2.32. The van der Waals surface area contributed by atoms with Crippen molar-refractivity contribution in [1.82, 2.24) is 15.5 Å². The lowest BCUT2D eigenvalue weighted by Crippen LogP contribution is -2.45. The van der Waals surface area contributed by atoms with Gasteiger partial charge in [0.05, 0.1) is 20.2 Å². The molecule has 1 aromatic rings. The number of nitrogens with one attached hydrogen (secondary N) is 2. The molecule has 0 atom stereocenters. The zero-order valence-electron chi connectivity index (χ0n) is 13.1. The van der Waals surface area contributed by atoms with E-state index in [-0.39, 0.29) is 13.1 Å². The van der Waals surface area contributed by atoms with Crippen LogP contribution in [0.5, 0.6) is 0 Å². The second-order valence-electron chi connectivity index (χ2n) is 4.76. The van der Waals surface area contributed by atoms with Crippen molar-refractivity contribution in [3.63, 3.8) is 0 Å². The van der Waals surface area contributed by atoms with Crippen molar-refractivity contribution < 1.29 is 19.1 Å². The van der Waals surface area contributed by atoms with E-state index >= 15 is 0 Å². The Hall–Kier alpha value is -2.12. The van der Waals surface area contributed by atoms with E-state index in [1.54, 1.807) is 36.1 Å². The third-order valence-electron chi connectivity index (χ3n) is 2.86. The largest absolute Gasteiger partial charge is 0.468 e. The van der Waals surface area contributed by atoms with E-state index in [4.69, 9.17) is 11.6 Å². The van der Waals surface area contributed by atoms with Gasteiger partial charge in [0.2, 0.25) is 5.91 Å². The molecular formula is C15H20ClN3O4. The first-order valence-corrected chi connectivity index (χ1v) is 7.43. The highest BCUT2D eigenvalue weighted by Gasteiger charge is 2.17. The predicted octanol–water partition coefficient (Wildman–Crippen LogP) is 1.16. The minimum Gasteiger partial charge on any atom is -0.468 e. The van der Waals surface area contributed by atoms with Crippen LogP contribution in [0.15, 0.2) is 24.3 Å². The summed E-state index contributed by atoms with van der Waals surface area (Å²) in [4.78, 5) is 36.3. The lowest BCUT2D eigenvalue weighted by Gasteiger charge is -2.20. The molecule has 0 saturated carbocycles. The number of rotatable bonds is 7. The van der Waals surface area contributed by atoms with Gasteiger partial charge in [-0.2, -0.15) is 0 Å². The summed E-state index contributed by atoms with van der Waals surface area (Å²) < 4.78 is 4.63. The Balaban J connectivity index is 2.67. The van der Waals surface area contributed by atoms with Crippen molar-refractivity contribution in [2.24, 2.45) is 0 Å². The number of halogens is 1. The van der Waals surface area contributed by atoms with Crippen LogP contribution in [0.25, 0.3) is 0 Å². The molecule has 3 amide bonds. The molecule has 126 valence electrons. The van der Waals surface area contributed by atoms with Gasteiger partial charge in [0.25, 0.3) is 0 Å². The quantitative estimate of drug-likeness (QED) is 0.727. The van der Waals surface area contributed by atoms with E-state index in [1.807, 2.05) is 0 Å². The highest BCUT2D eigenvalue weighted by Crippen LogP contribution is 2.11. The molecule has 0 heterocycles. The summed E-state index contributed by atoms with van der Waals surface area (Å²) >= 11 is 5.83. The number of hydrogen-bond acceptors (Lipinski definition) is 5. The summed E-state index contributed by atoms with van der Waals surface area (Å²) in [5.74, 6) is -0.974. The first-order valence-electron chi connectivity index (χ1n) is 7.06. The van der Waals surface area contributed by atoms with Crippen LogP contribution >= 0.6 is 11.6 Å². The molecule has 1 rings (SSSR count). The van der Waals surface area contributed by atoms with Gasteiger partial charge in [0.15, 0.2) is 0 Å². The normalized spacial score (nSPS) is 10.3. The Morgan fingerprint density at radius 2 is 1.83 bits per heavy atom. The second kappa shape index (κ2) is 9.81. The van der Waals surface area contributed by atoms with Gasteiger partial charge < -0.3 is 10.1 Å². The van der Waals surface area contributed by atoms with Gasteiger partial charge in [-0.15, -0.1) is 0 Å². The third-order valence-corrected chi connectivity index (χ3v) is 3.11. The number of carbonyl (C=O) groups is 3. The van der Waals surface area contributed by atoms with E-state index in [9.17, 15) is 14.4 Å². The van der Waals surface area contributed by atoms with E-state index in [0.29, 0.717) is 18.1 Å². The summed E-state index contributed by atoms with van der Waals surface area (Å²) in [6, 6.07) is 6.48. The maximum atomic E-state index is 11.9. The van der Waals surface area contributed by atoms with Gasteiger partial charge in [-0.3, -0.25) is 19.8 Å². The third kappa shape index (κ3) is 7.62. The van der Waals surface area contributed by atoms with Crippen LogP contribution in [0.3, 0.4) is 0 Å². The molecular weight excluding hydrogens is 322 g/mol. The Morgan fingerprint density at radius 1 is 1.17 bits per heavy atom. The fourth-order valence-corrected chi connectivity index (χ4v) is 1.96. The summed E-state index contributed by atoms with van der Waals surface area (Å²) in [5.41, 5.74) is 0.879. The number of esters is 1. The van der Waals surface area contributed by atoms with Crippen molar-refractivity contribution in [3.05, 3.63) is 34.9 Å². The molecule has 7 nitrogen and oxygen atoms in total. The van der Waals surface area contributed by atoms with Crippen LogP contribution in [0.4, 0.5) is 4.79 Å². The molecule has 23 heavy (non-hydrogen) atoms. The fraction of sp³-hybridized carbons (Fsp3) is 0.400. The molecule has 0 bridgehead atoms. The Morgan fingerprint density at radius 3 is 2.39 bits per heavy atom. The van der Waals surface area contributed by atoms with Crippen LogP contribution in [0, 0.1) is 0 Å². The van der Waals surface area contributed by atoms with E-state index in [2.05, 4.69) is 15.4 Å². The minimum absolute atomic E-state index is 0.0675. The lowest BCUT2D eigenvalue weighted by molar-refractivity contribution is -0.142. The van der Waals surface area contributed by atoms with Crippen LogP contribution < -0.4 is 10.6 Å². The average molecular weight is 342 g/mol. The van der Waals surface area contributed by atoms with Crippen molar-refractivity contribution >= 4 is 29.5 Å². The van der Waals surface area contributed by atoms with Gasteiger partial charge in [-0.1, -0.05) is 23.7 Å². The molecule has 0 aliphatic carbocycles. The van der Waals surface area contributed by atoms with Crippen LogP contribution in [0.1, 0.15) is 12.5 Å². The van der Waals surface area contributed by atoms with Crippen LogP contribution in [-0.2, 0) is 20.9 Å². The summed E-state index contributed by atoms with van der Waals surface area (Å²) in [7, 11) is 1.28. The number of amides is 3. The van der Waals surface area contributed by atoms with Crippen molar-refractivity contribution in [2.75, 3.05) is 26.7 Å². The van der Waals surface area contributed by atoms with Crippen LogP contribution in [-0.4, -0.2) is 49.6 Å². The Bertz CT molecular complexity index is 548. The summed E-state index contributed by atoms with van der Waals surface area (Å²) in [6.07, 6.45) is 0. The highest BCUT2D eigenvalue weighted by atomic mass is 35.5. The zero-order valence-corrected chi connectivity index (χ0v) is 13.9. The number of carbonyl (C=O) groups excluding carboxylic acids is 3. The molecule has 0 spiro atoms. The van der Waals surface area contributed by atoms with Gasteiger partial charge in [0.1, 0.15) is 0 Å². The van der Waals surface area contributed by atoms with E-state index < -0.39 is 17.9 Å². The first-order chi connectivity index (χ1) is 10.9. The van der Waals surface area contributed by atoms with Crippen molar-refractivity contribution in [2.45, 2.75) is 13.5 Å². The molecule has 0 saturated heterocycles. The highest BCUT2D eigenvalue weighted by molar-refractivity contribution is 6.30. The molecule has 0 unspecified atom stereocenters.